The Balaban J connectivity index is 3.58. The summed E-state index contributed by atoms with van der Waals surface area (Å²) >= 11 is 1.53. The molecule has 0 radical (unpaired) electrons. The van der Waals surface area contributed by atoms with E-state index >= 15 is 0 Å². The SMILES string of the molecule is CCC(=O)CCNC(=O)[C@H](N)CSC. The molecule has 0 aliphatic heterocycles. The maximum absolute atomic E-state index is 11.2. The molecule has 0 rings (SSSR count). The second kappa shape index (κ2) is 7.82. The van der Waals surface area contributed by atoms with Gasteiger partial charge in [0.15, 0.2) is 0 Å². The van der Waals surface area contributed by atoms with Gasteiger partial charge >= 0.3 is 0 Å². The number of hydrogen-bond donors (Lipinski definition) is 2. The van der Waals surface area contributed by atoms with Gasteiger partial charge in [-0.2, -0.15) is 11.8 Å². The van der Waals surface area contributed by atoms with E-state index in [0.29, 0.717) is 25.1 Å². The molecule has 0 bridgehead atoms. The summed E-state index contributed by atoms with van der Waals surface area (Å²) in [7, 11) is 0. The van der Waals surface area contributed by atoms with Gasteiger partial charge in [-0.3, -0.25) is 9.59 Å². The Hall–Kier alpha value is -0.550. The number of carbonyl (C=O) groups excluding carboxylic acids is 2. The van der Waals surface area contributed by atoms with Crippen molar-refractivity contribution in [1.29, 1.82) is 0 Å². The van der Waals surface area contributed by atoms with Gasteiger partial charge in [0, 0.05) is 25.1 Å². The molecular formula is C9H18N2O2S. The molecule has 0 aromatic rings. The molecule has 0 aromatic carbocycles. The van der Waals surface area contributed by atoms with E-state index in [0.717, 1.165) is 0 Å². The molecule has 14 heavy (non-hydrogen) atoms. The molecule has 0 aliphatic rings. The van der Waals surface area contributed by atoms with Crippen LogP contribution in [-0.2, 0) is 9.59 Å². The molecule has 3 N–H and O–H groups in total. The van der Waals surface area contributed by atoms with E-state index in [9.17, 15) is 9.59 Å². The first kappa shape index (κ1) is 13.4. The van der Waals surface area contributed by atoms with E-state index in [-0.39, 0.29) is 11.7 Å². The Bertz CT molecular complexity index is 197. The van der Waals surface area contributed by atoms with Crippen molar-refractivity contribution in [2.24, 2.45) is 5.73 Å². The van der Waals surface area contributed by atoms with Gasteiger partial charge in [-0.1, -0.05) is 6.92 Å². The highest BCUT2D eigenvalue weighted by Gasteiger charge is 2.11. The molecule has 0 saturated carbocycles. The Morgan fingerprint density at radius 1 is 1.50 bits per heavy atom. The molecule has 0 fully saturated rings. The smallest absolute Gasteiger partial charge is 0.237 e. The van der Waals surface area contributed by atoms with Crippen LogP contribution in [0.15, 0.2) is 0 Å². The van der Waals surface area contributed by atoms with E-state index in [1.54, 1.807) is 0 Å². The molecule has 0 saturated heterocycles. The monoisotopic (exact) mass is 218 g/mol. The molecule has 5 heteroatoms. The minimum atomic E-state index is -0.471. The van der Waals surface area contributed by atoms with Gasteiger partial charge in [-0.15, -0.1) is 0 Å². The standard InChI is InChI=1S/C9H18N2O2S/c1-3-7(12)4-5-11-9(13)8(10)6-14-2/h8H,3-6,10H2,1-2H3,(H,11,13)/t8-/m1/s1. The van der Waals surface area contributed by atoms with Crippen LogP contribution in [0.5, 0.6) is 0 Å². The molecule has 82 valence electrons. The minimum absolute atomic E-state index is 0.156. The van der Waals surface area contributed by atoms with Crippen molar-refractivity contribution in [3.05, 3.63) is 0 Å². The quantitative estimate of drug-likeness (QED) is 0.638. The zero-order valence-electron chi connectivity index (χ0n) is 8.71. The highest BCUT2D eigenvalue weighted by atomic mass is 32.2. The van der Waals surface area contributed by atoms with E-state index in [1.807, 2.05) is 13.2 Å². The summed E-state index contributed by atoms with van der Waals surface area (Å²) < 4.78 is 0. The lowest BCUT2D eigenvalue weighted by molar-refractivity contribution is -0.122. The number of rotatable bonds is 7. The normalized spacial score (nSPS) is 12.2. The maximum Gasteiger partial charge on any atom is 0.237 e. The van der Waals surface area contributed by atoms with E-state index in [2.05, 4.69) is 5.32 Å². The van der Waals surface area contributed by atoms with Gasteiger partial charge < -0.3 is 11.1 Å². The Labute approximate surface area is 89.0 Å². The van der Waals surface area contributed by atoms with Gasteiger partial charge in [0.25, 0.3) is 0 Å². The molecule has 1 atom stereocenters. The first-order chi connectivity index (χ1) is 6.61. The Morgan fingerprint density at radius 3 is 2.64 bits per heavy atom. The number of thioether (sulfide) groups is 1. The van der Waals surface area contributed by atoms with Crippen LogP contribution in [0.4, 0.5) is 0 Å². The summed E-state index contributed by atoms with van der Waals surface area (Å²) in [5.74, 6) is 0.583. The third-order valence-electron chi connectivity index (χ3n) is 1.78. The van der Waals surface area contributed by atoms with Crippen molar-refractivity contribution >= 4 is 23.5 Å². The van der Waals surface area contributed by atoms with Crippen molar-refractivity contribution in [3.8, 4) is 0 Å². The molecule has 1 amide bonds. The topological polar surface area (TPSA) is 72.2 Å². The summed E-state index contributed by atoms with van der Waals surface area (Å²) in [5, 5.41) is 2.63. The highest BCUT2D eigenvalue weighted by molar-refractivity contribution is 7.98. The summed E-state index contributed by atoms with van der Waals surface area (Å²) in [6.07, 6.45) is 2.81. The third-order valence-corrected chi connectivity index (χ3v) is 2.47. The predicted molar refractivity (Wildman–Crippen MR) is 59.3 cm³/mol. The van der Waals surface area contributed by atoms with Crippen molar-refractivity contribution < 1.29 is 9.59 Å². The number of ketones is 1. The molecular weight excluding hydrogens is 200 g/mol. The van der Waals surface area contributed by atoms with Crippen LogP contribution in [0.25, 0.3) is 0 Å². The number of amides is 1. The van der Waals surface area contributed by atoms with Crippen molar-refractivity contribution in [2.45, 2.75) is 25.8 Å². The van der Waals surface area contributed by atoms with Gasteiger partial charge in [0.05, 0.1) is 6.04 Å². The molecule has 0 heterocycles. The minimum Gasteiger partial charge on any atom is -0.354 e. The number of nitrogens with one attached hydrogen (secondary N) is 1. The number of nitrogens with two attached hydrogens (primary N) is 1. The van der Waals surface area contributed by atoms with Crippen LogP contribution in [0.2, 0.25) is 0 Å². The fourth-order valence-electron chi connectivity index (χ4n) is 0.888. The largest absolute Gasteiger partial charge is 0.354 e. The van der Waals surface area contributed by atoms with Crippen molar-refractivity contribution in [2.75, 3.05) is 18.6 Å². The van der Waals surface area contributed by atoms with Crippen molar-refractivity contribution in [1.82, 2.24) is 5.32 Å². The van der Waals surface area contributed by atoms with E-state index < -0.39 is 6.04 Å². The second-order valence-corrected chi connectivity index (χ2v) is 3.91. The average molecular weight is 218 g/mol. The number of Topliss-reactive ketones (excluding diaryl/α,β-unsaturated/α-hetero) is 1. The number of hydrogen-bond acceptors (Lipinski definition) is 4. The van der Waals surface area contributed by atoms with Gasteiger partial charge in [-0.05, 0) is 6.26 Å². The summed E-state index contributed by atoms with van der Waals surface area (Å²) in [4.78, 5) is 22.1. The molecule has 4 nitrogen and oxygen atoms in total. The van der Waals surface area contributed by atoms with E-state index in [1.165, 1.54) is 11.8 Å². The van der Waals surface area contributed by atoms with Gasteiger partial charge in [0.1, 0.15) is 5.78 Å². The fraction of sp³-hybridized carbons (Fsp3) is 0.778. The first-order valence-corrected chi connectivity index (χ1v) is 6.05. The zero-order chi connectivity index (χ0) is 11.0. The summed E-state index contributed by atoms with van der Waals surface area (Å²) in [6, 6.07) is -0.471. The van der Waals surface area contributed by atoms with Crippen LogP contribution in [0, 0.1) is 0 Å². The Kier molecular flexibility index (Phi) is 7.51. The number of carbonyl (C=O) groups is 2. The zero-order valence-corrected chi connectivity index (χ0v) is 9.52. The van der Waals surface area contributed by atoms with Crippen LogP contribution in [0.1, 0.15) is 19.8 Å². The summed E-state index contributed by atoms with van der Waals surface area (Å²) in [6.45, 7) is 2.21. The fourth-order valence-corrected chi connectivity index (χ4v) is 1.40. The van der Waals surface area contributed by atoms with Crippen LogP contribution < -0.4 is 11.1 Å². The summed E-state index contributed by atoms with van der Waals surface area (Å²) in [5.41, 5.74) is 5.56. The lowest BCUT2D eigenvalue weighted by Crippen LogP contribution is -2.42. The Morgan fingerprint density at radius 2 is 2.14 bits per heavy atom. The maximum atomic E-state index is 11.2. The molecule has 0 aromatic heterocycles. The van der Waals surface area contributed by atoms with Crippen LogP contribution >= 0.6 is 11.8 Å². The second-order valence-electron chi connectivity index (χ2n) is 3.00. The molecule has 0 spiro atoms. The first-order valence-electron chi connectivity index (χ1n) is 4.65. The molecule has 0 unspecified atom stereocenters. The average Bonchev–Trinajstić information content (AvgIpc) is 2.17. The van der Waals surface area contributed by atoms with Crippen molar-refractivity contribution in [3.63, 3.8) is 0 Å². The van der Waals surface area contributed by atoms with Gasteiger partial charge in [-0.25, -0.2) is 0 Å². The van der Waals surface area contributed by atoms with Crippen LogP contribution in [0.3, 0.4) is 0 Å². The van der Waals surface area contributed by atoms with Crippen LogP contribution in [-0.4, -0.2) is 36.3 Å². The highest BCUT2D eigenvalue weighted by Crippen LogP contribution is 1.94. The molecule has 0 aliphatic carbocycles. The third kappa shape index (κ3) is 5.99. The lowest BCUT2D eigenvalue weighted by atomic mass is 10.2. The van der Waals surface area contributed by atoms with E-state index in [4.69, 9.17) is 5.73 Å². The predicted octanol–water partition coefficient (Wildman–Crippen LogP) is 0.162. The van der Waals surface area contributed by atoms with Gasteiger partial charge in [0.2, 0.25) is 5.91 Å². The lowest BCUT2D eigenvalue weighted by Gasteiger charge is -2.10.